The number of carbonyl (C=O) groups is 1. The lowest BCUT2D eigenvalue weighted by Gasteiger charge is -2.14. The maximum Gasteiger partial charge on any atom is 0.266 e. The molecule has 5 nitrogen and oxygen atoms in total. The molecular formula is C23H20BrN3O2S. The van der Waals surface area contributed by atoms with Crippen molar-refractivity contribution in [3.8, 4) is 11.8 Å². The molecule has 0 aliphatic carbocycles. The van der Waals surface area contributed by atoms with Crippen molar-refractivity contribution in [2.24, 2.45) is 4.99 Å². The molecule has 1 amide bonds. The Morgan fingerprint density at radius 2 is 2.10 bits per heavy atom. The molecule has 1 saturated heterocycles. The van der Waals surface area contributed by atoms with Gasteiger partial charge < -0.3 is 4.74 Å². The molecule has 0 bridgehead atoms. The van der Waals surface area contributed by atoms with Crippen LogP contribution in [0.5, 0.6) is 5.75 Å². The number of nitriles is 1. The second-order valence-electron chi connectivity index (χ2n) is 6.52. The lowest BCUT2D eigenvalue weighted by atomic mass is 10.1. The molecule has 3 rings (SSSR count). The molecule has 1 heterocycles. The van der Waals surface area contributed by atoms with Gasteiger partial charge in [-0.25, -0.2) is 0 Å². The van der Waals surface area contributed by atoms with Crippen LogP contribution in [0.3, 0.4) is 0 Å². The van der Waals surface area contributed by atoms with Crippen molar-refractivity contribution in [1.82, 2.24) is 4.90 Å². The van der Waals surface area contributed by atoms with Crippen LogP contribution in [0.25, 0.3) is 6.08 Å². The molecule has 2 aromatic carbocycles. The van der Waals surface area contributed by atoms with Crippen LogP contribution < -0.4 is 4.74 Å². The van der Waals surface area contributed by atoms with Crippen molar-refractivity contribution in [3.05, 3.63) is 80.7 Å². The molecule has 0 saturated carbocycles. The van der Waals surface area contributed by atoms with Gasteiger partial charge in [0.05, 0.1) is 21.0 Å². The second kappa shape index (κ2) is 9.79. The molecule has 0 unspecified atom stereocenters. The van der Waals surface area contributed by atoms with Gasteiger partial charge in [0, 0.05) is 19.7 Å². The molecule has 7 heteroatoms. The highest BCUT2D eigenvalue weighted by Crippen LogP contribution is 2.36. The third-order valence-electron chi connectivity index (χ3n) is 4.51. The van der Waals surface area contributed by atoms with Gasteiger partial charge in [-0.05, 0) is 69.5 Å². The fourth-order valence-corrected chi connectivity index (χ4v) is 4.59. The van der Waals surface area contributed by atoms with Gasteiger partial charge in [0.25, 0.3) is 5.91 Å². The van der Waals surface area contributed by atoms with Crippen LogP contribution in [0.1, 0.15) is 22.3 Å². The Balaban J connectivity index is 1.91. The number of amides is 1. The van der Waals surface area contributed by atoms with Crippen LogP contribution in [-0.2, 0) is 17.8 Å². The Morgan fingerprint density at radius 3 is 2.77 bits per heavy atom. The Morgan fingerprint density at radius 1 is 1.33 bits per heavy atom. The minimum absolute atomic E-state index is 0.0737. The molecule has 2 aromatic rings. The van der Waals surface area contributed by atoms with Gasteiger partial charge in [-0.15, -0.1) is 6.58 Å². The monoisotopic (exact) mass is 481 g/mol. The Hall–Kier alpha value is -2.82. The number of hydrogen-bond acceptors (Lipinski definition) is 5. The number of nitrogens with zero attached hydrogens (tertiary/aromatic N) is 3. The van der Waals surface area contributed by atoms with Crippen LogP contribution >= 0.6 is 27.7 Å². The number of hydrogen-bond donors (Lipinski definition) is 0. The molecule has 152 valence electrons. The maximum absolute atomic E-state index is 12.4. The fraction of sp³-hybridized carbons (Fsp3) is 0.174. The highest BCUT2D eigenvalue weighted by molar-refractivity contribution is 9.10. The van der Waals surface area contributed by atoms with Crippen molar-refractivity contribution >= 4 is 44.8 Å². The number of likely N-dealkylation sites (N-methyl/N-ethyl adjacent to an activating group) is 1. The Labute approximate surface area is 188 Å². The zero-order valence-electron chi connectivity index (χ0n) is 16.7. The SMILES string of the molecule is C=CCc1cc(/C=C2\SC(=NC)N(C)C2=O)cc(Br)c1OCc1ccccc1C#N. The van der Waals surface area contributed by atoms with E-state index in [1.54, 1.807) is 31.1 Å². The molecule has 0 spiro atoms. The molecular weight excluding hydrogens is 462 g/mol. The molecule has 30 heavy (non-hydrogen) atoms. The van der Waals surface area contributed by atoms with Crippen LogP contribution in [0.15, 0.2) is 63.4 Å². The van der Waals surface area contributed by atoms with Gasteiger partial charge in [0.2, 0.25) is 0 Å². The van der Waals surface area contributed by atoms with E-state index in [0.29, 0.717) is 27.8 Å². The predicted octanol–water partition coefficient (Wildman–Crippen LogP) is 5.16. The summed E-state index contributed by atoms with van der Waals surface area (Å²) in [5.41, 5.74) is 3.23. The number of allylic oxidation sites excluding steroid dienone is 1. The summed E-state index contributed by atoms with van der Waals surface area (Å²) < 4.78 is 6.86. The number of benzene rings is 2. The van der Waals surface area contributed by atoms with Crippen molar-refractivity contribution < 1.29 is 9.53 Å². The molecule has 0 radical (unpaired) electrons. The average molecular weight is 482 g/mol. The molecule has 0 aromatic heterocycles. The summed E-state index contributed by atoms with van der Waals surface area (Å²) in [6.07, 6.45) is 4.27. The number of carbonyl (C=O) groups excluding carboxylic acids is 1. The maximum atomic E-state index is 12.4. The third-order valence-corrected chi connectivity index (χ3v) is 6.25. The van der Waals surface area contributed by atoms with Gasteiger partial charge >= 0.3 is 0 Å². The Kier molecular flexibility index (Phi) is 7.14. The summed E-state index contributed by atoms with van der Waals surface area (Å²) in [6.45, 7) is 4.12. The van der Waals surface area contributed by atoms with E-state index in [0.717, 1.165) is 21.2 Å². The number of aliphatic imine (C=N–C) groups is 1. The second-order valence-corrected chi connectivity index (χ2v) is 8.39. The highest BCUT2D eigenvalue weighted by Gasteiger charge is 2.29. The number of rotatable bonds is 6. The molecule has 1 aliphatic heterocycles. The van der Waals surface area contributed by atoms with E-state index in [4.69, 9.17) is 4.74 Å². The van der Waals surface area contributed by atoms with Gasteiger partial charge in [-0.3, -0.25) is 14.7 Å². The van der Waals surface area contributed by atoms with Gasteiger partial charge in [-0.1, -0.05) is 24.3 Å². The summed E-state index contributed by atoms with van der Waals surface area (Å²) >= 11 is 4.95. The molecule has 1 fully saturated rings. The first-order chi connectivity index (χ1) is 14.5. The lowest BCUT2D eigenvalue weighted by Crippen LogP contribution is -2.23. The summed E-state index contributed by atoms with van der Waals surface area (Å²) in [7, 11) is 3.39. The topological polar surface area (TPSA) is 65.7 Å². The van der Waals surface area contributed by atoms with Gasteiger partial charge in [-0.2, -0.15) is 5.26 Å². The minimum Gasteiger partial charge on any atom is -0.487 e. The van der Waals surface area contributed by atoms with Crippen molar-refractivity contribution in [1.29, 1.82) is 5.26 Å². The van der Waals surface area contributed by atoms with E-state index in [2.05, 4.69) is 33.6 Å². The normalized spacial score (nSPS) is 16.2. The average Bonchev–Trinajstić information content (AvgIpc) is 3.01. The standard InChI is InChI=1S/C23H20BrN3O2S/c1-4-7-16-10-15(12-20-22(28)27(3)23(26-2)30-20)11-19(24)21(16)29-14-18-9-6-5-8-17(18)13-25/h4-6,8-12H,1,7,14H2,2-3H3/b20-12-,26-23?. The summed E-state index contributed by atoms with van der Waals surface area (Å²) in [4.78, 5) is 18.7. The summed E-state index contributed by atoms with van der Waals surface area (Å²) in [5.74, 6) is 0.624. The number of thioether (sulfide) groups is 1. The van der Waals surface area contributed by atoms with E-state index in [9.17, 15) is 10.1 Å². The van der Waals surface area contributed by atoms with E-state index >= 15 is 0 Å². The van der Waals surface area contributed by atoms with Gasteiger partial charge in [0.15, 0.2) is 5.17 Å². The van der Waals surface area contributed by atoms with Crippen LogP contribution in [0, 0.1) is 11.3 Å². The van der Waals surface area contributed by atoms with Crippen LogP contribution in [0.4, 0.5) is 0 Å². The first-order valence-corrected chi connectivity index (χ1v) is 10.8. The van der Waals surface area contributed by atoms with E-state index in [-0.39, 0.29) is 12.5 Å². The third kappa shape index (κ3) is 4.66. The van der Waals surface area contributed by atoms with E-state index in [1.807, 2.05) is 36.4 Å². The molecule has 0 N–H and O–H groups in total. The smallest absolute Gasteiger partial charge is 0.266 e. The first kappa shape index (κ1) is 21.9. The number of halogens is 1. The minimum atomic E-state index is -0.0737. The molecule has 1 aliphatic rings. The fourth-order valence-electron chi connectivity index (χ4n) is 3.03. The van der Waals surface area contributed by atoms with Crippen LogP contribution in [-0.4, -0.2) is 30.1 Å². The van der Waals surface area contributed by atoms with Crippen molar-refractivity contribution in [3.63, 3.8) is 0 Å². The largest absolute Gasteiger partial charge is 0.487 e. The Bertz CT molecular complexity index is 1100. The first-order valence-electron chi connectivity index (χ1n) is 9.17. The van der Waals surface area contributed by atoms with Gasteiger partial charge in [0.1, 0.15) is 12.4 Å². The highest BCUT2D eigenvalue weighted by atomic mass is 79.9. The van der Waals surface area contributed by atoms with Crippen LogP contribution in [0.2, 0.25) is 0 Å². The van der Waals surface area contributed by atoms with Crippen molar-refractivity contribution in [2.45, 2.75) is 13.0 Å². The van der Waals surface area contributed by atoms with E-state index in [1.165, 1.54) is 11.8 Å². The zero-order chi connectivity index (χ0) is 21.7. The van der Waals surface area contributed by atoms with Crippen molar-refractivity contribution in [2.75, 3.05) is 14.1 Å². The quantitative estimate of drug-likeness (QED) is 0.422. The zero-order valence-corrected chi connectivity index (χ0v) is 19.1. The number of amidine groups is 1. The predicted molar refractivity (Wildman–Crippen MR) is 125 cm³/mol. The summed E-state index contributed by atoms with van der Waals surface area (Å²) in [5, 5.41) is 9.96. The summed E-state index contributed by atoms with van der Waals surface area (Å²) in [6, 6.07) is 13.5. The lowest BCUT2D eigenvalue weighted by molar-refractivity contribution is -0.121. The van der Waals surface area contributed by atoms with E-state index < -0.39 is 0 Å². The number of ether oxygens (including phenoxy) is 1. The molecule has 0 atom stereocenters.